The SMILES string of the molecule is CNC(=O)c1c(-c2ccc(F)cc2)oc2cc3c(cc12)C(C)OC(COC(=O)CCC(=O)O)CN3S(C)(=O)=O. The van der Waals surface area contributed by atoms with Crippen LogP contribution >= 0.6 is 0 Å². The zero-order valence-corrected chi connectivity index (χ0v) is 22.2. The largest absolute Gasteiger partial charge is 0.481 e. The number of anilines is 1. The Labute approximate surface area is 223 Å². The van der Waals surface area contributed by atoms with Crippen molar-refractivity contribution in [1.82, 2.24) is 5.32 Å². The van der Waals surface area contributed by atoms with Gasteiger partial charge < -0.3 is 24.3 Å². The molecule has 2 atom stereocenters. The molecule has 2 N–H and O–H groups in total. The number of hydrogen-bond acceptors (Lipinski definition) is 8. The van der Waals surface area contributed by atoms with E-state index in [1.165, 1.54) is 37.4 Å². The molecule has 2 heterocycles. The van der Waals surface area contributed by atoms with Gasteiger partial charge in [-0.15, -0.1) is 0 Å². The summed E-state index contributed by atoms with van der Waals surface area (Å²) in [5, 5.41) is 11.7. The van der Waals surface area contributed by atoms with Gasteiger partial charge in [0.25, 0.3) is 5.91 Å². The van der Waals surface area contributed by atoms with E-state index in [1.54, 1.807) is 13.0 Å². The van der Waals surface area contributed by atoms with Crippen molar-refractivity contribution in [1.29, 1.82) is 0 Å². The van der Waals surface area contributed by atoms with E-state index in [2.05, 4.69) is 5.32 Å². The first-order valence-corrected chi connectivity index (χ1v) is 13.8. The van der Waals surface area contributed by atoms with E-state index in [4.69, 9.17) is 19.0 Å². The highest BCUT2D eigenvalue weighted by Crippen LogP contribution is 2.42. The Morgan fingerprint density at radius 1 is 1.18 bits per heavy atom. The predicted octanol–water partition coefficient (Wildman–Crippen LogP) is 3.23. The quantitative estimate of drug-likeness (QED) is 0.394. The number of sulfonamides is 1. The topological polar surface area (TPSA) is 152 Å². The maximum Gasteiger partial charge on any atom is 0.306 e. The number of ether oxygens (including phenoxy) is 2. The van der Waals surface area contributed by atoms with E-state index in [0.717, 1.165) is 10.6 Å². The van der Waals surface area contributed by atoms with Crippen LogP contribution in [0, 0.1) is 5.82 Å². The van der Waals surface area contributed by atoms with E-state index in [1.807, 2.05) is 0 Å². The summed E-state index contributed by atoms with van der Waals surface area (Å²) in [6, 6.07) is 8.55. The smallest absolute Gasteiger partial charge is 0.306 e. The highest BCUT2D eigenvalue weighted by molar-refractivity contribution is 7.92. The monoisotopic (exact) mass is 562 g/mol. The van der Waals surface area contributed by atoms with Gasteiger partial charge in [-0.2, -0.15) is 0 Å². The number of esters is 1. The third-order valence-electron chi connectivity index (χ3n) is 6.24. The number of nitrogens with zero attached hydrogens (tertiary/aromatic N) is 1. The molecular weight excluding hydrogens is 535 g/mol. The van der Waals surface area contributed by atoms with Gasteiger partial charge in [0.1, 0.15) is 29.9 Å². The summed E-state index contributed by atoms with van der Waals surface area (Å²) in [7, 11) is -2.40. The minimum Gasteiger partial charge on any atom is -0.481 e. The number of carbonyl (C=O) groups is 3. The molecule has 0 saturated heterocycles. The van der Waals surface area contributed by atoms with Crippen molar-refractivity contribution in [3.8, 4) is 11.3 Å². The Morgan fingerprint density at radius 2 is 1.87 bits per heavy atom. The molecule has 13 heteroatoms. The molecule has 1 aromatic heterocycles. The van der Waals surface area contributed by atoms with Crippen molar-refractivity contribution < 1.29 is 46.2 Å². The molecule has 1 aliphatic heterocycles. The van der Waals surface area contributed by atoms with Gasteiger partial charge in [-0.3, -0.25) is 18.7 Å². The number of amides is 1. The minimum atomic E-state index is -3.86. The lowest BCUT2D eigenvalue weighted by molar-refractivity contribution is -0.151. The molecule has 1 aliphatic rings. The second-order valence-electron chi connectivity index (χ2n) is 9.07. The zero-order valence-electron chi connectivity index (χ0n) is 21.4. The van der Waals surface area contributed by atoms with Gasteiger partial charge in [-0.25, -0.2) is 12.8 Å². The molecule has 4 rings (SSSR count). The lowest BCUT2D eigenvalue weighted by Gasteiger charge is -2.24. The number of hydrogen-bond donors (Lipinski definition) is 2. The van der Waals surface area contributed by atoms with Crippen molar-refractivity contribution in [3.63, 3.8) is 0 Å². The number of fused-ring (bicyclic) bond motifs is 2. The third kappa shape index (κ3) is 6.04. The summed E-state index contributed by atoms with van der Waals surface area (Å²) in [4.78, 5) is 35.6. The fourth-order valence-corrected chi connectivity index (χ4v) is 5.36. The van der Waals surface area contributed by atoms with Gasteiger partial charge in [0.05, 0.1) is 43.0 Å². The standard InChI is InChI=1S/C26H27FN2O9S/c1-14-18-10-19-21(38-25(24(19)26(33)28-2)15-4-6-16(27)7-5-15)11-20(18)29(39(3,34)35)12-17(37-14)13-36-23(32)9-8-22(30)31/h4-7,10-11,14,17H,8-9,12-13H2,1-3H3,(H,28,33)(H,30,31). The Hall–Kier alpha value is -3.97. The number of halogens is 1. The van der Waals surface area contributed by atoms with Crippen molar-refractivity contribution in [3.05, 3.63) is 53.3 Å². The van der Waals surface area contributed by atoms with Crippen LogP contribution in [0.2, 0.25) is 0 Å². The molecule has 0 aliphatic carbocycles. The number of rotatable bonds is 8. The van der Waals surface area contributed by atoms with Crippen LogP contribution in [0.25, 0.3) is 22.3 Å². The molecule has 11 nitrogen and oxygen atoms in total. The van der Waals surface area contributed by atoms with Crippen LogP contribution in [0.15, 0.2) is 40.8 Å². The number of furan rings is 1. The van der Waals surface area contributed by atoms with Crippen LogP contribution in [0.5, 0.6) is 0 Å². The van der Waals surface area contributed by atoms with Crippen molar-refractivity contribution in [2.24, 2.45) is 0 Å². The molecular formula is C26H27FN2O9S. The summed E-state index contributed by atoms with van der Waals surface area (Å²) < 4.78 is 57.6. The summed E-state index contributed by atoms with van der Waals surface area (Å²) in [5.74, 6) is -2.62. The van der Waals surface area contributed by atoms with Crippen molar-refractivity contribution in [2.45, 2.75) is 32.0 Å². The van der Waals surface area contributed by atoms with Gasteiger partial charge in [0.15, 0.2) is 0 Å². The van der Waals surface area contributed by atoms with Crippen LogP contribution in [0.3, 0.4) is 0 Å². The Kier molecular flexibility index (Phi) is 7.93. The van der Waals surface area contributed by atoms with Gasteiger partial charge in [-0.1, -0.05) is 0 Å². The van der Waals surface area contributed by atoms with E-state index in [-0.39, 0.29) is 42.2 Å². The molecule has 2 unspecified atom stereocenters. The van der Waals surface area contributed by atoms with E-state index >= 15 is 0 Å². The van der Waals surface area contributed by atoms with Crippen LogP contribution < -0.4 is 9.62 Å². The summed E-state index contributed by atoms with van der Waals surface area (Å²) >= 11 is 0. The molecule has 2 aromatic carbocycles. The molecule has 3 aromatic rings. The van der Waals surface area contributed by atoms with E-state index in [0.29, 0.717) is 16.5 Å². The average molecular weight is 563 g/mol. The summed E-state index contributed by atoms with van der Waals surface area (Å²) in [6.45, 7) is 1.20. The van der Waals surface area contributed by atoms with E-state index < -0.39 is 52.3 Å². The fourth-order valence-electron chi connectivity index (χ4n) is 4.41. The van der Waals surface area contributed by atoms with Crippen LogP contribution in [-0.4, -0.2) is 63.9 Å². The second kappa shape index (κ2) is 11.0. The lowest BCUT2D eigenvalue weighted by Crippen LogP contribution is -2.39. The molecule has 0 bridgehead atoms. The minimum absolute atomic E-state index is 0.188. The maximum atomic E-state index is 13.5. The average Bonchev–Trinajstić information content (AvgIpc) is 3.18. The second-order valence-corrected chi connectivity index (χ2v) is 11.0. The Balaban J connectivity index is 1.77. The zero-order chi connectivity index (χ0) is 28.5. The molecule has 0 fully saturated rings. The number of nitrogens with one attached hydrogen (secondary N) is 1. The molecule has 0 saturated carbocycles. The summed E-state index contributed by atoms with van der Waals surface area (Å²) in [6.07, 6.45) is -1.26. The van der Waals surface area contributed by atoms with Gasteiger partial charge >= 0.3 is 11.9 Å². The highest BCUT2D eigenvalue weighted by atomic mass is 32.2. The molecule has 39 heavy (non-hydrogen) atoms. The molecule has 0 radical (unpaired) electrons. The first-order valence-electron chi connectivity index (χ1n) is 12.0. The maximum absolute atomic E-state index is 13.5. The molecule has 0 spiro atoms. The number of carbonyl (C=O) groups excluding carboxylic acids is 2. The molecule has 208 valence electrons. The van der Waals surface area contributed by atoms with Crippen LogP contribution in [-0.2, 0) is 29.1 Å². The van der Waals surface area contributed by atoms with Crippen LogP contribution in [0.4, 0.5) is 10.1 Å². The Morgan fingerprint density at radius 3 is 2.49 bits per heavy atom. The Bertz CT molecular complexity index is 1530. The van der Waals surface area contributed by atoms with Gasteiger partial charge in [-0.05, 0) is 37.3 Å². The van der Waals surface area contributed by atoms with E-state index in [9.17, 15) is 27.2 Å². The first-order chi connectivity index (χ1) is 18.4. The number of carboxylic acids is 1. The number of aliphatic carboxylic acids is 1. The lowest BCUT2D eigenvalue weighted by atomic mass is 10.0. The summed E-state index contributed by atoms with van der Waals surface area (Å²) in [5.41, 5.74) is 1.58. The fraction of sp³-hybridized carbons (Fsp3) is 0.346. The predicted molar refractivity (Wildman–Crippen MR) is 138 cm³/mol. The highest BCUT2D eigenvalue weighted by Gasteiger charge is 2.34. The number of benzene rings is 2. The third-order valence-corrected chi connectivity index (χ3v) is 7.39. The molecule has 1 amide bonds. The van der Waals surface area contributed by atoms with Crippen LogP contribution in [0.1, 0.15) is 41.8 Å². The first kappa shape index (κ1) is 28.0. The van der Waals surface area contributed by atoms with Gasteiger partial charge in [0.2, 0.25) is 10.0 Å². The normalized spacial score (nSPS) is 17.4. The van der Waals surface area contributed by atoms with Gasteiger partial charge in [0, 0.05) is 29.6 Å². The van der Waals surface area contributed by atoms with Crippen molar-refractivity contribution in [2.75, 3.05) is 30.8 Å². The number of carboxylic acid groups (broad SMARTS) is 1. The van der Waals surface area contributed by atoms with Crippen molar-refractivity contribution >= 4 is 44.5 Å².